The average Bonchev–Trinajstić information content (AvgIpc) is 2.75. The topological polar surface area (TPSA) is 41.6 Å². The monoisotopic (exact) mass is 248 g/mol. The molecular formula is C14H20N2O2. The zero-order valence-corrected chi connectivity index (χ0v) is 11.0. The highest BCUT2D eigenvalue weighted by molar-refractivity contribution is 5.69. The van der Waals surface area contributed by atoms with Crippen molar-refractivity contribution in [2.45, 2.75) is 19.9 Å². The second kappa shape index (κ2) is 5.87. The molecule has 1 aliphatic heterocycles. The molecule has 0 aliphatic carbocycles. The van der Waals surface area contributed by atoms with E-state index < -0.39 is 0 Å². The number of amides is 1. The van der Waals surface area contributed by atoms with E-state index in [0.29, 0.717) is 19.7 Å². The Morgan fingerprint density at radius 3 is 2.83 bits per heavy atom. The van der Waals surface area contributed by atoms with Gasteiger partial charge in [-0.3, -0.25) is 0 Å². The average molecular weight is 248 g/mol. The molecule has 1 amide bonds. The van der Waals surface area contributed by atoms with Crippen LogP contribution in [0.15, 0.2) is 24.3 Å². The molecule has 0 saturated carbocycles. The minimum Gasteiger partial charge on any atom is -0.448 e. The highest BCUT2D eigenvalue weighted by Crippen LogP contribution is 2.20. The van der Waals surface area contributed by atoms with E-state index in [2.05, 4.69) is 31.3 Å². The van der Waals surface area contributed by atoms with Gasteiger partial charge < -0.3 is 15.0 Å². The molecule has 1 aromatic carbocycles. The maximum Gasteiger partial charge on any atom is 0.410 e. The lowest BCUT2D eigenvalue weighted by Gasteiger charge is -2.24. The molecule has 1 N–H and O–H groups in total. The standard InChI is InChI=1S/C14H20N2O2/c1-3-15-13(10-16-8-9-18-14(16)17)12-7-5-4-6-11(12)2/h4-7,13,15H,3,8-10H2,1-2H3. The van der Waals surface area contributed by atoms with Crippen LogP contribution >= 0.6 is 0 Å². The van der Waals surface area contributed by atoms with Gasteiger partial charge >= 0.3 is 6.09 Å². The van der Waals surface area contributed by atoms with Gasteiger partial charge in [-0.05, 0) is 24.6 Å². The Balaban J connectivity index is 2.13. The molecule has 1 fully saturated rings. The number of nitrogens with zero attached hydrogens (tertiary/aromatic N) is 1. The summed E-state index contributed by atoms with van der Waals surface area (Å²) < 4.78 is 4.97. The number of nitrogens with one attached hydrogen (secondary N) is 1. The number of ether oxygens (including phenoxy) is 1. The SMILES string of the molecule is CCNC(CN1CCOC1=O)c1ccccc1C. The lowest BCUT2D eigenvalue weighted by molar-refractivity contribution is 0.156. The number of cyclic esters (lactones) is 1. The van der Waals surface area contributed by atoms with Crippen molar-refractivity contribution in [1.29, 1.82) is 0 Å². The van der Waals surface area contributed by atoms with Gasteiger partial charge in [-0.2, -0.15) is 0 Å². The Labute approximate surface area is 108 Å². The Hall–Kier alpha value is -1.55. The Kier molecular flexibility index (Phi) is 4.20. The van der Waals surface area contributed by atoms with Gasteiger partial charge in [0.1, 0.15) is 6.61 Å². The van der Waals surface area contributed by atoms with Gasteiger partial charge in [-0.15, -0.1) is 0 Å². The fourth-order valence-electron chi connectivity index (χ4n) is 2.31. The molecule has 1 saturated heterocycles. The predicted molar refractivity (Wildman–Crippen MR) is 70.5 cm³/mol. The summed E-state index contributed by atoms with van der Waals surface area (Å²) in [6.07, 6.45) is -0.202. The largest absolute Gasteiger partial charge is 0.448 e. The summed E-state index contributed by atoms with van der Waals surface area (Å²) in [5.41, 5.74) is 2.50. The van der Waals surface area contributed by atoms with E-state index in [-0.39, 0.29) is 12.1 Å². The highest BCUT2D eigenvalue weighted by Gasteiger charge is 2.25. The molecule has 4 nitrogen and oxygen atoms in total. The zero-order chi connectivity index (χ0) is 13.0. The van der Waals surface area contributed by atoms with E-state index in [4.69, 9.17) is 4.74 Å². The van der Waals surface area contributed by atoms with Crippen molar-refractivity contribution in [2.75, 3.05) is 26.2 Å². The molecule has 98 valence electrons. The third kappa shape index (κ3) is 2.82. The molecule has 0 radical (unpaired) electrons. The first kappa shape index (κ1) is 12.9. The summed E-state index contributed by atoms with van der Waals surface area (Å²) in [6.45, 7) is 6.91. The van der Waals surface area contributed by atoms with Crippen molar-refractivity contribution in [3.05, 3.63) is 35.4 Å². The quantitative estimate of drug-likeness (QED) is 0.867. The first-order valence-electron chi connectivity index (χ1n) is 6.43. The molecule has 4 heteroatoms. The second-order valence-electron chi connectivity index (χ2n) is 4.53. The molecule has 1 atom stereocenters. The van der Waals surface area contributed by atoms with E-state index in [1.165, 1.54) is 11.1 Å². The van der Waals surface area contributed by atoms with Crippen molar-refractivity contribution in [2.24, 2.45) is 0 Å². The fraction of sp³-hybridized carbons (Fsp3) is 0.500. The lowest BCUT2D eigenvalue weighted by Crippen LogP contribution is -2.36. The molecular weight excluding hydrogens is 228 g/mol. The van der Waals surface area contributed by atoms with Crippen molar-refractivity contribution >= 4 is 6.09 Å². The van der Waals surface area contributed by atoms with E-state index in [9.17, 15) is 4.79 Å². The Bertz CT molecular complexity index is 420. The van der Waals surface area contributed by atoms with Gasteiger partial charge in [0, 0.05) is 6.54 Å². The molecule has 1 unspecified atom stereocenters. The molecule has 0 aromatic heterocycles. The van der Waals surface area contributed by atoms with E-state index >= 15 is 0 Å². The lowest BCUT2D eigenvalue weighted by atomic mass is 10.0. The van der Waals surface area contributed by atoms with Crippen LogP contribution in [0.2, 0.25) is 0 Å². The number of hydrogen-bond acceptors (Lipinski definition) is 3. The summed E-state index contributed by atoms with van der Waals surface area (Å²) in [4.78, 5) is 13.3. The Morgan fingerprint density at radius 2 is 2.22 bits per heavy atom. The van der Waals surface area contributed by atoms with E-state index in [1.54, 1.807) is 4.90 Å². The number of carbonyl (C=O) groups is 1. The molecule has 0 bridgehead atoms. The number of aryl methyl sites for hydroxylation is 1. The summed E-state index contributed by atoms with van der Waals surface area (Å²) in [5, 5.41) is 3.44. The predicted octanol–water partition coefficient (Wildman–Crippen LogP) is 2.10. The van der Waals surface area contributed by atoms with Crippen LogP contribution in [0.25, 0.3) is 0 Å². The third-order valence-electron chi connectivity index (χ3n) is 3.26. The van der Waals surface area contributed by atoms with Crippen molar-refractivity contribution < 1.29 is 9.53 Å². The number of rotatable bonds is 5. The van der Waals surface area contributed by atoms with Crippen LogP contribution in [0.4, 0.5) is 4.79 Å². The first-order chi connectivity index (χ1) is 8.72. The third-order valence-corrected chi connectivity index (χ3v) is 3.26. The molecule has 1 aromatic rings. The highest BCUT2D eigenvalue weighted by atomic mass is 16.6. The minimum atomic E-state index is -0.202. The zero-order valence-electron chi connectivity index (χ0n) is 11.0. The van der Waals surface area contributed by atoms with Crippen LogP contribution in [0, 0.1) is 6.92 Å². The van der Waals surface area contributed by atoms with Gasteiger partial charge in [-0.1, -0.05) is 31.2 Å². The number of likely N-dealkylation sites (N-methyl/N-ethyl adjacent to an activating group) is 1. The Morgan fingerprint density at radius 1 is 1.44 bits per heavy atom. The summed E-state index contributed by atoms with van der Waals surface area (Å²) in [7, 11) is 0. The summed E-state index contributed by atoms with van der Waals surface area (Å²) >= 11 is 0. The first-order valence-corrected chi connectivity index (χ1v) is 6.43. The maximum absolute atomic E-state index is 11.5. The van der Waals surface area contributed by atoms with Crippen molar-refractivity contribution in [1.82, 2.24) is 10.2 Å². The molecule has 2 rings (SSSR count). The minimum absolute atomic E-state index is 0.168. The van der Waals surface area contributed by atoms with Gasteiger partial charge in [0.2, 0.25) is 0 Å². The van der Waals surface area contributed by atoms with Crippen molar-refractivity contribution in [3.8, 4) is 0 Å². The smallest absolute Gasteiger partial charge is 0.410 e. The number of carbonyl (C=O) groups excluding carboxylic acids is 1. The van der Waals surface area contributed by atoms with E-state index in [1.807, 2.05) is 12.1 Å². The molecule has 1 heterocycles. The van der Waals surface area contributed by atoms with Crippen LogP contribution in [0.3, 0.4) is 0 Å². The fourth-order valence-corrected chi connectivity index (χ4v) is 2.31. The number of benzene rings is 1. The normalized spacial score (nSPS) is 16.8. The van der Waals surface area contributed by atoms with Gasteiger partial charge in [0.05, 0.1) is 12.6 Å². The van der Waals surface area contributed by atoms with Crippen LogP contribution < -0.4 is 5.32 Å². The summed E-state index contributed by atoms with van der Waals surface area (Å²) in [6, 6.07) is 8.45. The van der Waals surface area contributed by atoms with Crippen LogP contribution in [0.1, 0.15) is 24.1 Å². The van der Waals surface area contributed by atoms with Crippen LogP contribution in [-0.4, -0.2) is 37.2 Å². The van der Waals surface area contributed by atoms with Gasteiger partial charge in [0.15, 0.2) is 0 Å². The van der Waals surface area contributed by atoms with E-state index in [0.717, 1.165) is 6.54 Å². The van der Waals surface area contributed by atoms with Crippen LogP contribution in [-0.2, 0) is 4.74 Å². The van der Waals surface area contributed by atoms with Crippen LogP contribution in [0.5, 0.6) is 0 Å². The van der Waals surface area contributed by atoms with Crippen molar-refractivity contribution in [3.63, 3.8) is 0 Å². The maximum atomic E-state index is 11.5. The number of hydrogen-bond donors (Lipinski definition) is 1. The summed E-state index contributed by atoms with van der Waals surface area (Å²) in [5.74, 6) is 0. The molecule has 18 heavy (non-hydrogen) atoms. The van der Waals surface area contributed by atoms with Gasteiger partial charge in [-0.25, -0.2) is 4.79 Å². The molecule has 1 aliphatic rings. The van der Waals surface area contributed by atoms with Gasteiger partial charge in [0.25, 0.3) is 0 Å². The second-order valence-corrected chi connectivity index (χ2v) is 4.53. The molecule has 0 spiro atoms.